The molecule has 2 unspecified atom stereocenters. The highest BCUT2D eigenvalue weighted by atomic mass is 32.2. The van der Waals surface area contributed by atoms with Gasteiger partial charge in [0, 0.05) is 12.5 Å². The molecule has 3 aromatic rings. The van der Waals surface area contributed by atoms with E-state index in [-0.39, 0.29) is 35.1 Å². The van der Waals surface area contributed by atoms with Crippen LogP contribution in [-0.4, -0.2) is 14.3 Å². The Labute approximate surface area is 188 Å². The van der Waals surface area contributed by atoms with Gasteiger partial charge in [0.05, 0.1) is 10.9 Å². The van der Waals surface area contributed by atoms with E-state index >= 15 is 0 Å². The summed E-state index contributed by atoms with van der Waals surface area (Å²) in [5.41, 5.74) is 2.57. The fraction of sp³-hybridized carbons (Fsp3) is 0.240. The Morgan fingerprint density at radius 1 is 0.844 bits per heavy atom. The third-order valence-corrected chi connectivity index (χ3v) is 6.81. The monoisotopic (exact) mass is 454 g/mol. The Morgan fingerprint density at radius 3 is 2.06 bits per heavy atom. The third kappa shape index (κ3) is 6.48. The summed E-state index contributed by atoms with van der Waals surface area (Å²) in [4.78, 5) is 12.4. The summed E-state index contributed by atoms with van der Waals surface area (Å²) >= 11 is 0. The van der Waals surface area contributed by atoms with Crippen molar-refractivity contribution in [3.8, 4) is 0 Å². The van der Waals surface area contributed by atoms with Crippen molar-refractivity contribution < 1.29 is 17.6 Å². The number of carbonyl (C=O) groups is 1. The molecule has 0 saturated carbocycles. The summed E-state index contributed by atoms with van der Waals surface area (Å²) in [5, 5.41) is 2.89. The summed E-state index contributed by atoms with van der Waals surface area (Å²) in [7, 11) is -3.66. The molecule has 2 atom stereocenters. The van der Waals surface area contributed by atoms with Crippen LogP contribution in [0.5, 0.6) is 0 Å². The molecule has 32 heavy (non-hydrogen) atoms. The van der Waals surface area contributed by atoms with Gasteiger partial charge in [-0.05, 0) is 61.2 Å². The van der Waals surface area contributed by atoms with Crippen LogP contribution in [0.25, 0.3) is 0 Å². The molecule has 0 spiro atoms. The van der Waals surface area contributed by atoms with Crippen LogP contribution in [0, 0.1) is 5.82 Å². The standard InChI is InChI=1S/C25H27FN2O3S/c1-18(22-11-13-23(26)14-12-22)27-25(29)17-10-20-8-15-24(16-9-20)32(30,31)28-19(2)21-6-4-3-5-7-21/h3-9,11-16,18-19,28H,10,17H2,1-2H3,(H,27,29). The van der Waals surface area contributed by atoms with E-state index in [2.05, 4.69) is 10.0 Å². The van der Waals surface area contributed by atoms with E-state index in [4.69, 9.17) is 0 Å². The first-order chi connectivity index (χ1) is 15.2. The zero-order valence-corrected chi connectivity index (χ0v) is 18.9. The van der Waals surface area contributed by atoms with E-state index < -0.39 is 10.0 Å². The van der Waals surface area contributed by atoms with E-state index in [1.54, 1.807) is 43.3 Å². The molecule has 0 aliphatic rings. The van der Waals surface area contributed by atoms with E-state index in [0.717, 1.165) is 16.7 Å². The topological polar surface area (TPSA) is 75.3 Å². The van der Waals surface area contributed by atoms with Crippen molar-refractivity contribution in [2.45, 2.75) is 43.7 Å². The molecule has 2 N–H and O–H groups in total. The summed E-state index contributed by atoms with van der Waals surface area (Å²) in [5.74, 6) is -0.445. The van der Waals surface area contributed by atoms with Crippen LogP contribution in [-0.2, 0) is 21.2 Å². The van der Waals surface area contributed by atoms with Crippen LogP contribution in [0.15, 0.2) is 83.8 Å². The number of benzene rings is 3. The van der Waals surface area contributed by atoms with Gasteiger partial charge in [0.25, 0.3) is 0 Å². The maximum atomic E-state index is 13.0. The fourth-order valence-corrected chi connectivity index (χ4v) is 4.58. The van der Waals surface area contributed by atoms with Gasteiger partial charge in [-0.25, -0.2) is 17.5 Å². The maximum absolute atomic E-state index is 13.0. The Balaban J connectivity index is 1.53. The molecule has 0 heterocycles. The van der Waals surface area contributed by atoms with E-state index in [9.17, 15) is 17.6 Å². The van der Waals surface area contributed by atoms with E-state index in [1.807, 2.05) is 37.3 Å². The molecule has 3 rings (SSSR count). The molecule has 168 valence electrons. The van der Waals surface area contributed by atoms with Crippen molar-refractivity contribution in [1.29, 1.82) is 0 Å². The maximum Gasteiger partial charge on any atom is 0.241 e. The summed E-state index contributed by atoms with van der Waals surface area (Å²) in [6.45, 7) is 3.64. The second-order valence-electron chi connectivity index (χ2n) is 7.74. The molecule has 5 nitrogen and oxygen atoms in total. The van der Waals surface area contributed by atoms with Crippen molar-refractivity contribution in [2.75, 3.05) is 0 Å². The van der Waals surface area contributed by atoms with E-state index in [1.165, 1.54) is 12.1 Å². The SMILES string of the molecule is CC(NC(=O)CCc1ccc(S(=O)(=O)NC(C)c2ccccc2)cc1)c1ccc(F)cc1. The molecular weight excluding hydrogens is 427 g/mol. The average Bonchev–Trinajstić information content (AvgIpc) is 2.78. The van der Waals surface area contributed by atoms with Crippen molar-refractivity contribution in [1.82, 2.24) is 10.0 Å². The van der Waals surface area contributed by atoms with Gasteiger partial charge in [0.15, 0.2) is 0 Å². The number of aryl methyl sites for hydroxylation is 1. The van der Waals surface area contributed by atoms with Gasteiger partial charge in [-0.2, -0.15) is 0 Å². The first-order valence-electron chi connectivity index (χ1n) is 10.5. The molecule has 7 heteroatoms. The van der Waals surface area contributed by atoms with Gasteiger partial charge in [-0.15, -0.1) is 0 Å². The van der Waals surface area contributed by atoms with Crippen molar-refractivity contribution in [3.05, 3.63) is 101 Å². The summed E-state index contributed by atoms with van der Waals surface area (Å²) < 4.78 is 41.1. The normalized spacial score (nSPS) is 13.3. The van der Waals surface area contributed by atoms with Crippen LogP contribution < -0.4 is 10.0 Å². The number of halogens is 1. The van der Waals surface area contributed by atoms with Gasteiger partial charge >= 0.3 is 0 Å². The lowest BCUT2D eigenvalue weighted by Gasteiger charge is -2.15. The predicted molar refractivity (Wildman–Crippen MR) is 123 cm³/mol. The van der Waals surface area contributed by atoms with Crippen molar-refractivity contribution in [2.24, 2.45) is 0 Å². The molecule has 0 aliphatic heterocycles. The number of hydrogen-bond acceptors (Lipinski definition) is 3. The molecular formula is C25H27FN2O3S. The lowest BCUT2D eigenvalue weighted by molar-refractivity contribution is -0.121. The summed E-state index contributed by atoms with van der Waals surface area (Å²) in [6, 6.07) is 21.3. The van der Waals surface area contributed by atoms with Crippen LogP contribution in [0.3, 0.4) is 0 Å². The van der Waals surface area contributed by atoms with Gasteiger partial charge in [0.1, 0.15) is 5.82 Å². The van der Waals surface area contributed by atoms with Gasteiger partial charge < -0.3 is 5.32 Å². The number of hydrogen-bond donors (Lipinski definition) is 2. The number of amides is 1. The molecule has 0 aliphatic carbocycles. The fourth-order valence-electron chi connectivity index (χ4n) is 3.35. The highest BCUT2D eigenvalue weighted by Crippen LogP contribution is 2.18. The molecule has 0 bridgehead atoms. The highest BCUT2D eigenvalue weighted by Gasteiger charge is 2.18. The number of nitrogens with one attached hydrogen (secondary N) is 2. The van der Waals surface area contributed by atoms with Crippen molar-refractivity contribution in [3.63, 3.8) is 0 Å². The zero-order chi connectivity index (χ0) is 23.1. The Kier molecular flexibility index (Phi) is 7.77. The first kappa shape index (κ1) is 23.6. The minimum absolute atomic E-state index is 0.128. The minimum atomic E-state index is -3.66. The number of carbonyl (C=O) groups excluding carboxylic acids is 1. The van der Waals surface area contributed by atoms with Crippen LogP contribution in [0.1, 0.15) is 49.0 Å². The molecule has 0 radical (unpaired) electrons. The zero-order valence-electron chi connectivity index (χ0n) is 18.1. The minimum Gasteiger partial charge on any atom is -0.350 e. The predicted octanol–water partition coefficient (Wildman–Crippen LogP) is 4.68. The summed E-state index contributed by atoms with van der Waals surface area (Å²) in [6.07, 6.45) is 0.747. The van der Waals surface area contributed by atoms with E-state index in [0.29, 0.717) is 6.42 Å². The first-order valence-corrected chi connectivity index (χ1v) is 11.9. The molecule has 0 fully saturated rings. The van der Waals surface area contributed by atoms with Crippen molar-refractivity contribution >= 4 is 15.9 Å². The highest BCUT2D eigenvalue weighted by molar-refractivity contribution is 7.89. The molecule has 3 aromatic carbocycles. The smallest absolute Gasteiger partial charge is 0.241 e. The Morgan fingerprint density at radius 2 is 1.44 bits per heavy atom. The molecule has 1 amide bonds. The van der Waals surface area contributed by atoms with Crippen LogP contribution >= 0.6 is 0 Å². The van der Waals surface area contributed by atoms with Gasteiger partial charge in [-0.1, -0.05) is 54.6 Å². The molecule has 0 aromatic heterocycles. The second kappa shape index (κ2) is 10.5. The Hall–Kier alpha value is -3.03. The van der Waals surface area contributed by atoms with Crippen LogP contribution in [0.2, 0.25) is 0 Å². The second-order valence-corrected chi connectivity index (χ2v) is 9.45. The third-order valence-electron chi connectivity index (χ3n) is 5.25. The molecule has 0 saturated heterocycles. The number of rotatable bonds is 9. The lowest BCUT2D eigenvalue weighted by atomic mass is 10.1. The average molecular weight is 455 g/mol. The van der Waals surface area contributed by atoms with Gasteiger partial charge in [0.2, 0.25) is 15.9 Å². The van der Waals surface area contributed by atoms with Gasteiger partial charge in [-0.3, -0.25) is 4.79 Å². The quantitative estimate of drug-likeness (QED) is 0.493. The van der Waals surface area contributed by atoms with Crippen LogP contribution in [0.4, 0.5) is 4.39 Å². The largest absolute Gasteiger partial charge is 0.350 e. The number of sulfonamides is 1. The Bertz CT molecular complexity index is 1130. The lowest BCUT2D eigenvalue weighted by Crippen LogP contribution is -2.27.